The first kappa shape index (κ1) is 20.1. The van der Waals surface area contributed by atoms with Crippen LogP contribution in [0.15, 0.2) is 54.9 Å². The minimum absolute atomic E-state index is 0.0709. The van der Waals surface area contributed by atoms with Gasteiger partial charge in [-0.25, -0.2) is 4.98 Å². The van der Waals surface area contributed by atoms with Crippen LogP contribution in [0.5, 0.6) is 0 Å². The zero-order valence-corrected chi connectivity index (χ0v) is 17.9. The molecule has 0 spiro atoms. The molecule has 0 unspecified atom stereocenters. The Morgan fingerprint density at radius 1 is 1.03 bits per heavy atom. The molecule has 1 saturated heterocycles. The second-order valence-corrected chi connectivity index (χ2v) is 8.06. The van der Waals surface area contributed by atoms with E-state index in [1.807, 2.05) is 31.2 Å². The standard InChI is InChI=1S/C25H28N4O/c1-17-9-10-22(18(2)15-17)19(3)28-25(30)21-8-6-7-20(16-21)23-24(27-12-11-26-23)29-13-4-5-14-29/h6-12,15-16,19H,4-5,13-14H2,1-3H3,(H,28,30)/t19-/m0/s1. The fraction of sp³-hybridized carbons (Fsp3) is 0.320. The number of hydrogen-bond donors (Lipinski definition) is 1. The van der Waals surface area contributed by atoms with Crippen molar-refractivity contribution >= 4 is 11.7 Å². The molecule has 0 radical (unpaired) electrons. The van der Waals surface area contributed by atoms with Crippen molar-refractivity contribution in [2.24, 2.45) is 0 Å². The van der Waals surface area contributed by atoms with E-state index in [4.69, 9.17) is 0 Å². The lowest BCUT2D eigenvalue weighted by Gasteiger charge is -2.19. The number of carbonyl (C=O) groups excluding carboxylic acids is 1. The molecule has 0 aliphatic carbocycles. The molecule has 30 heavy (non-hydrogen) atoms. The van der Waals surface area contributed by atoms with Crippen LogP contribution < -0.4 is 10.2 Å². The van der Waals surface area contributed by atoms with Gasteiger partial charge in [0.15, 0.2) is 5.82 Å². The molecule has 4 rings (SSSR count). The van der Waals surface area contributed by atoms with Crippen LogP contribution in [0.2, 0.25) is 0 Å². The van der Waals surface area contributed by atoms with Gasteiger partial charge in [0.25, 0.3) is 5.91 Å². The Hall–Kier alpha value is -3.21. The van der Waals surface area contributed by atoms with Gasteiger partial charge in [-0.2, -0.15) is 0 Å². The van der Waals surface area contributed by atoms with Crippen LogP contribution in [-0.2, 0) is 0 Å². The SMILES string of the molecule is Cc1ccc([C@H](C)NC(=O)c2cccc(-c3nccnc3N3CCCC3)c2)c(C)c1. The van der Waals surface area contributed by atoms with Crippen molar-refractivity contribution in [2.45, 2.75) is 39.7 Å². The van der Waals surface area contributed by atoms with Crippen molar-refractivity contribution in [2.75, 3.05) is 18.0 Å². The zero-order chi connectivity index (χ0) is 21.1. The maximum atomic E-state index is 13.0. The Labute approximate surface area is 178 Å². The van der Waals surface area contributed by atoms with Crippen molar-refractivity contribution in [3.05, 3.63) is 77.1 Å². The van der Waals surface area contributed by atoms with E-state index < -0.39 is 0 Å². The number of hydrogen-bond acceptors (Lipinski definition) is 4. The van der Waals surface area contributed by atoms with E-state index in [-0.39, 0.29) is 11.9 Å². The van der Waals surface area contributed by atoms with E-state index in [1.165, 1.54) is 24.0 Å². The molecule has 1 amide bonds. The van der Waals surface area contributed by atoms with Gasteiger partial charge in [-0.15, -0.1) is 0 Å². The van der Waals surface area contributed by atoms with Gasteiger partial charge in [-0.3, -0.25) is 9.78 Å². The number of aromatic nitrogens is 2. The van der Waals surface area contributed by atoms with Gasteiger partial charge >= 0.3 is 0 Å². The molecule has 0 saturated carbocycles. The predicted octanol–water partition coefficient (Wildman–Crippen LogP) is 4.85. The number of carbonyl (C=O) groups is 1. The third-order valence-electron chi connectivity index (χ3n) is 5.72. The highest BCUT2D eigenvalue weighted by atomic mass is 16.1. The van der Waals surface area contributed by atoms with E-state index in [0.29, 0.717) is 5.56 Å². The first-order chi connectivity index (χ1) is 14.5. The molecule has 1 aromatic heterocycles. The monoisotopic (exact) mass is 400 g/mol. The number of rotatable bonds is 5. The van der Waals surface area contributed by atoms with Gasteiger partial charge < -0.3 is 10.2 Å². The Bertz CT molecular complexity index is 1060. The molecule has 3 aromatic rings. The first-order valence-electron chi connectivity index (χ1n) is 10.6. The van der Waals surface area contributed by atoms with Crippen molar-refractivity contribution in [1.29, 1.82) is 0 Å². The molecule has 2 aromatic carbocycles. The van der Waals surface area contributed by atoms with Crippen molar-refractivity contribution in [1.82, 2.24) is 15.3 Å². The van der Waals surface area contributed by atoms with Crippen LogP contribution in [-0.4, -0.2) is 29.0 Å². The molecule has 1 aliphatic rings. The van der Waals surface area contributed by atoms with Crippen molar-refractivity contribution < 1.29 is 4.79 Å². The van der Waals surface area contributed by atoms with E-state index in [2.05, 4.69) is 52.2 Å². The largest absolute Gasteiger partial charge is 0.355 e. The van der Waals surface area contributed by atoms with Gasteiger partial charge in [0.2, 0.25) is 0 Å². The second kappa shape index (κ2) is 8.66. The van der Waals surface area contributed by atoms with Crippen LogP contribution in [0.25, 0.3) is 11.3 Å². The Morgan fingerprint density at radius 3 is 2.57 bits per heavy atom. The summed E-state index contributed by atoms with van der Waals surface area (Å²) >= 11 is 0. The van der Waals surface area contributed by atoms with E-state index in [9.17, 15) is 4.79 Å². The Balaban J connectivity index is 1.57. The molecular weight excluding hydrogens is 372 g/mol. The summed E-state index contributed by atoms with van der Waals surface area (Å²) in [6, 6.07) is 13.9. The molecule has 1 N–H and O–H groups in total. The number of aryl methyl sites for hydroxylation is 2. The lowest BCUT2D eigenvalue weighted by atomic mass is 10.00. The highest BCUT2D eigenvalue weighted by Gasteiger charge is 2.20. The molecule has 5 nitrogen and oxygen atoms in total. The second-order valence-electron chi connectivity index (χ2n) is 8.06. The van der Waals surface area contributed by atoms with E-state index >= 15 is 0 Å². The molecule has 2 heterocycles. The van der Waals surface area contributed by atoms with Crippen LogP contribution in [0.1, 0.15) is 52.9 Å². The number of benzene rings is 2. The smallest absolute Gasteiger partial charge is 0.251 e. The van der Waals surface area contributed by atoms with Gasteiger partial charge in [0.1, 0.15) is 5.69 Å². The first-order valence-corrected chi connectivity index (χ1v) is 10.6. The minimum atomic E-state index is -0.0871. The molecule has 1 fully saturated rings. The summed E-state index contributed by atoms with van der Waals surface area (Å²) in [4.78, 5) is 24.4. The maximum absolute atomic E-state index is 13.0. The van der Waals surface area contributed by atoms with Crippen LogP contribution in [0.3, 0.4) is 0 Å². The topological polar surface area (TPSA) is 58.1 Å². The highest BCUT2D eigenvalue weighted by molar-refractivity contribution is 5.96. The van der Waals surface area contributed by atoms with Crippen LogP contribution in [0.4, 0.5) is 5.82 Å². The van der Waals surface area contributed by atoms with Gasteiger partial charge in [-0.05, 0) is 56.9 Å². The third kappa shape index (κ3) is 4.20. The summed E-state index contributed by atoms with van der Waals surface area (Å²) in [5.74, 6) is 0.812. The summed E-state index contributed by atoms with van der Waals surface area (Å²) in [6.07, 6.45) is 5.80. The quantitative estimate of drug-likeness (QED) is 0.665. The maximum Gasteiger partial charge on any atom is 0.251 e. The normalized spacial score (nSPS) is 14.6. The average Bonchev–Trinajstić information content (AvgIpc) is 3.28. The average molecular weight is 401 g/mol. The Kier molecular flexibility index (Phi) is 5.79. The van der Waals surface area contributed by atoms with E-state index in [0.717, 1.165) is 35.7 Å². The summed E-state index contributed by atoms with van der Waals surface area (Å²) in [5, 5.41) is 3.14. The fourth-order valence-corrected chi connectivity index (χ4v) is 4.17. The molecule has 1 atom stereocenters. The minimum Gasteiger partial charge on any atom is -0.355 e. The third-order valence-corrected chi connectivity index (χ3v) is 5.72. The van der Waals surface area contributed by atoms with E-state index in [1.54, 1.807) is 12.4 Å². The van der Waals surface area contributed by atoms with Crippen molar-refractivity contribution in [3.8, 4) is 11.3 Å². The summed E-state index contributed by atoms with van der Waals surface area (Å²) < 4.78 is 0. The highest BCUT2D eigenvalue weighted by Crippen LogP contribution is 2.29. The lowest BCUT2D eigenvalue weighted by molar-refractivity contribution is 0.0940. The molecule has 1 aliphatic heterocycles. The molecule has 5 heteroatoms. The zero-order valence-electron chi connectivity index (χ0n) is 17.9. The Morgan fingerprint density at radius 2 is 1.80 bits per heavy atom. The summed E-state index contributed by atoms with van der Waals surface area (Å²) in [7, 11) is 0. The lowest BCUT2D eigenvalue weighted by Crippen LogP contribution is -2.27. The predicted molar refractivity (Wildman–Crippen MR) is 121 cm³/mol. The summed E-state index contributed by atoms with van der Waals surface area (Å²) in [5.41, 5.74) is 5.91. The number of amides is 1. The van der Waals surface area contributed by atoms with Gasteiger partial charge in [0, 0.05) is 36.6 Å². The summed E-state index contributed by atoms with van der Waals surface area (Å²) in [6.45, 7) is 8.18. The van der Waals surface area contributed by atoms with Crippen molar-refractivity contribution in [3.63, 3.8) is 0 Å². The number of anilines is 1. The van der Waals surface area contributed by atoms with Gasteiger partial charge in [0.05, 0.1) is 6.04 Å². The number of nitrogens with one attached hydrogen (secondary N) is 1. The molecular formula is C25H28N4O. The molecule has 0 bridgehead atoms. The molecule has 154 valence electrons. The number of nitrogens with zero attached hydrogens (tertiary/aromatic N) is 3. The van der Waals surface area contributed by atoms with Gasteiger partial charge in [-0.1, -0.05) is 35.9 Å². The van der Waals surface area contributed by atoms with Crippen LogP contribution in [0, 0.1) is 13.8 Å². The fourth-order valence-electron chi connectivity index (χ4n) is 4.17. The van der Waals surface area contributed by atoms with Crippen LogP contribution >= 0.6 is 0 Å².